The van der Waals surface area contributed by atoms with Crippen LogP contribution in [0.1, 0.15) is 19.4 Å². The minimum atomic E-state index is -0.235. The zero-order valence-electron chi connectivity index (χ0n) is 15.1. The number of nitrogens with one attached hydrogen (secondary N) is 3. The Morgan fingerprint density at radius 3 is 2.44 bits per heavy atom. The molecule has 0 bridgehead atoms. The first-order chi connectivity index (χ1) is 11.8. The number of nitrogens with zero attached hydrogens (tertiary/aromatic N) is 1. The lowest BCUT2D eigenvalue weighted by Gasteiger charge is -2.14. The number of hydrogen-bond donors (Lipinski definition) is 3. The van der Waals surface area contributed by atoms with E-state index < -0.39 is 0 Å². The molecule has 0 radical (unpaired) electrons. The third-order valence-corrected chi connectivity index (χ3v) is 3.49. The van der Waals surface area contributed by atoms with E-state index >= 15 is 0 Å². The molecular weight excluding hydrogens is 320 g/mol. The maximum absolute atomic E-state index is 12.1. The molecule has 7 nitrogen and oxygen atoms in total. The van der Waals surface area contributed by atoms with Crippen molar-refractivity contribution in [2.24, 2.45) is 0 Å². The summed E-state index contributed by atoms with van der Waals surface area (Å²) in [4.78, 5) is 24.5. The summed E-state index contributed by atoms with van der Waals surface area (Å²) in [6.07, 6.45) is 0. The fourth-order valence-electron chi connectivity index (χ4n) is 2.36. The van der Waals surface area contributed by atoms with Crippen molar-refractivity contribution in [2.75, 3.05) is 25.5 Å². The second kappa shape index (κ2) is 8.43. The minimum Gasteiger partial charge on any atom is -0.349 e. The SMILES string of the molecule is Cc1ccc(-c2cc(NC(=O)C[NH+](C)CC(=O)NC(C)C)on2)cc1. The smallest absolute Gasteiger partial charge is 0.281 e. The number of benzene rings is 1. The number of likely N-dealkylation sites (N-methyl/N-ethyl adjacent to an activating group) is 1. The first kappa shape index (κ1) is 18.7. The van der Waals surface area contributed by atoms with E-state index in [4.69, 9.17) is 4.52 Å². The van der Waals surface area contributed by atoms with Gasteiger partial charge in [0.2, 0.25) is 5.88 Å². The minimum absolute atomic E-state index is 0.0818. The molecule has 0 saturated carbocycles. The van der Waals surface area contributed by atoms with Gasteiger partial charge in [-0.2, -0.15) is 0 Å². The van der Waals surface area contributed by atoms with Crippen molar-refractivity contribution in [3.63, 3.8) is 0 Å². The molecule has 0 fully saturated rings. The average Bonchev–Trinajstić information content (AvgIpc) is 2.94. The highest BCUT2D eigenvalue weighted by atomic mass is 16.5. The van der Waals surface area contributed by atoms with E-state index in [2.05, 4.69) is 15.8 Å². The van der Waals surface area contributed by atoms with Gasteiger partial charge in [0.05, 0.1) is 7.05 Å². The van der Waals surface area contributed by atoms with E-state index in [1.165, 1.54) is 0 Å². The van der Waals surface area contributed by atoms with Crippen molar-refractivity contribution < 1.29 is 19.0 Å². The van der Waals surface area contributed by atoms with Crippen LogP contribution in [0.15, 0.2) is 34.9 Å². The third kappa shape index (κ3) is 6.04. The van der Waals surface area contributed by atoms with E-state index in [-0.39, 0.29) is 30.9 Å². The van der Waals surface area contributed by atoms with E-state index in [9.17, 15) is 9.59 Å². The Morgan fingerprint density at radius 2 is 1.80 bits per heavy atom. The Labute approximate surface area is 147 Å². The lowest BCUT2D eigenvalue weighted by molar-refractivity contribution is -0.862. The summed E-state index contributed by atoms with van der Waals surface area (Å²) in [5, 5.41) is 9.44. The first-order valence-corrected chi connectivity index (χ1v) is 8.27. The predicted octanol–water partition coefficient (Wildman–Crippen LogP) is 0.628. The highest BCUT2D eigenvalue weighted by Gasteiger charge is 2.16. The Kier molecular flexibility index (Phi) is 6.30. The Morgan fingerprint density at radius 1 is 1.16 bits per heavy atom. The lowest BCUT2D eigenvalue weighted by Crippen LogP contribution is -3.11. The zero-order valence-corrected chi connectivity index (χ0v) is 15.1. The van der Waals surface area contributed by atoms with E-state index in [0.29, 0.717) is 11.6 Å². The van der Waals surface area contributed by atoms with Gasteiger partial charge in [0.15, 0.2) is 13.1 Å². The van der Waals surface area contributed by atoms with Gasteiger partial charge in [-0.05, 0) is 20.8 Å². The molecule has 7 heteroatoms. The molecule has 2 rings (SSSR count). The average molecular weight is 345 g/mol. The van der Waals surface area contributed by atoms with Crippen molar-refractivity contribution in [3.05, 3.63) is 35.9 Å². The molecule has 2 aromatic rings. The van der Waals surface area contributed by atoms with Gasteiger partial charge < -0.3 is 14.7 Å². The summed E-state index contributed by atoms with van der Waals surface area (Å²) in [6, 6.07) is 9.65. The molecular formula is C18H25N4O3+. The number of quaternary nitrogens is 1. The van der Waals surface area contributed by atoms with Gasteiger partial charge in [-0.3, -0.25) is 14.9 Å². The number of carbonyl (C=O) groups is 2. The molecule has 1 unspecified atom stereocenters. The molecule has 1 heterocycles. The summed E-state index contributed by atoms with van der Waals surface area (Å²) in [5.74, 6) is -0.0249. The molecule has 0 aliphatic rings. The quantitative estimate of drug-likeness (QED) is 0.687. The Bertz CT molecular complexity index is 722. The van der Waals surface area contributed by atoms with Gasteiger partial charge in [0, 0.05) is 17.7 Å². The van der Waals surface area contributed by atoms with Crippen LogP contribution in [0.2, 0.25) is 0 Å². The maximum Gasteiger partial charge on any atom is 0.281 e. The van der Waals surface area contributed by atoms with Crippen LogP contribution in [-0.4, -0.2) is 43.2 Å². The zero-order chi connectivity index (χ0) is 18.4. The number of amides is 2. The van der Waals surface area contributed by atoms with Crippen LogP contribution in [0.25, 0.3) is 11.3 Å². The number of hydrogen-bond acceptors (Lipinski definition) is 4. The van der Waals surface area contributed by atoms with Crippen molar-refractivity contribution in [1.82, 2.24) is 10.5 Å². The first-order valence-electron chi connectivity index (χ1n) is 8.27. The Hall–Kier alpha value is -2.67. The molecule has 1 aromatic heterocycles. The predicted molar refractivity (Wildman–Crippen MR) is 95.2 cm³/mol. The van der Waals surface area contributed by atoms with Crippen LogP contribution in [0.3, 0.4) is 0 Å². The standard InChI is InChI=1S/C18H24N4O3/c1-12(2)19-16(23)10-22(4)11-17(24)20-18-9-15(21-25-18)14-7-5-13(3)6-8-14/h5-9,12H,10-11H2,1-4H3,(H,19,23)(H,20,24)/p+1. The summed E-state index contributed by atoms with van der Waals surface area (Å²) in [7, 11) is 1.79. The highest BCUT2D eigenvalue weighted by molar-refractivity contribution is 5.90. The summed E-state index contributed by atoms with van der Waals surface area (Å²) >= 11 is 0. The molecule has 134 valence electrons. The second-order valence-electron chi connectivity index (χ2n) is 6.52. The van der Waals surface area contributed by atoms with Crippen molar-refractivity contribution in [3.8, 4) is 11.3 Å². The number of aryl methyl sites for hydroxylation is 1. The molecule has 0 aliphatic carbocycles. The van der Waals surface area contributed by atoms with E-state index in [1.807, 2.05) is 45.0 Å². The van der Waals surface area contributed by atoms with Crippen molar-refractivity contribution in [1.29, 1.82) is 0 Å². The molecule has 3 N–H and O–H groups in total. The van der Waals surface area contributed by atoms with Gasteiger partial charge in [-0.15, -0.1) is 0 Å². The summed E-state index contributed by atoms with van der Waals surface area (Å²) < 4.78 is 5.16. The van der Waals surface area contributed by atoms with Crippen LogP contribution in [0.4, 0.5) is 5.88 Å². The van der Waals surface area contributed by atoms with Crippen molar-refractivity contribution in [2.45, 2.75) is 26.8 Å². The third-order valence-electron chi connectivity index (χ3n) is 3.49. The molecule has 1 aromatic carbocycles. The molecule has 2 amide bonds. The number of aromatic nitrogens is 1. The number of anilines is 1. The number of rotatable bonds is 7. The second-order valence-corrected chi connectivity index (χ2v) is 6.52. The summed E-state index contributed by atoms with van der Waals surface area (Å²) in [6.45, 7) is 6.20. The largest absolute Gasteiger partial charge is 0.349 e. The van der Waals surface area contributed by atoms with Gasteiger partial charge >= 0.3 is 0 Å². The molecule has 25 heavy (non-hydrogen) atoms. The van der Waals surface area contributed by atoms with Crippen LogP contribution in [0.5, 0.6) is 0 Å². The Balaban J connectivity index is 1.86. The monoisotopic (exact) mass is 345 g/mol. The molecule has 0 saturated heterocycles. The number of carbonyl (C=O) groups excluding carboxylic acids is 2. The fraction of sp³-hybridized carbons (Fsp3) is 0.389. The van der Waals surface area contributed by atoms with E-state index in [1.54, 1.807) is 13.1 Å². The lowest BCUT2D eigenvalue weighted by atomic mass is 10.1. The van der Waals surface area contributed by atoms with Crippen LogP contribution < -0.4 is 15.5 Å². The normalized spacial score (nSPS) is 12.0. The fourth-order valence-corrected chi connectivity index (χ4v) is 2.36. The molecule has 0 aliphatic heterocycles. The van der Waals surface area contributed by atoms with Gasteiger partial charge in [-0.1, -0.05) is 35.0 Å². The maximum atomic E-state index is 12.1. The van der Waals surface area contributed by atoms with E-state index in [0.717, 1.165) is 16.0 Å². The van der Waals surface area contributed by atoms with Gasteiger partial charge in [0.25, 0.3) is 11.8 Å². The topological polar surface area (TPSA) is 88.7 Å². The van der Waals surface area contributed by atoms with Gasteiger partial charge in [0.1, 0.15) is 5.69 Å². The highest BCUT2D eigenvalue weighted by Crippen LogP contribution is 2.21. The van der Waals surface area contributed by atoms with Crippen LogP contribution in [-0.2, 0) is 9.59 Å². The molecule has 1 atom stereocenters. The summed E-state index contributed by atoms with van der Waals surface area (Å²) in [5.41, 5.74) is 2.74. The van der Waals surface area contributed by atoms with Crippen LogP contribution >= 0.6 is 0 Å². The van der Waals surface area contributed by atoms with Crippen molar-refractivity contribution >= 4 is 17.7 Å². The molecule has 0 spiro atoms. The van der Waals surface area contributed by atoms with Crippen LogP contribution in [0, 0.1) is 6.92 Å². The van der Waals surface area contributed by atoms with Gasteiger partial charge in [-0.25, -0.2) is 0 Å².